The van der Waals surface area contributed by atoms with Crippen molar-refractivity contribution in [2.24, 2.45) is 11.8 Å². The second-order valence-corrected chi connectivity index (χ2v) is 8.64. The molecule has 28 heavy (non-hydrogen) atoms. The highest BCUT2D eigenvalue weighted by atomic mass is 19.2. The van der Waals surface area contributed by atoms with Gasteiger partial charge in [0.1, 0.15) is 0 Å². The summed E-state index contributed by atoms with van der Waals surface area (Å²) < 4.78 is 40.0. The van der Waals surface area contributed by atoms with Crippen molar-refractivity contribution >= 4 is 0 Å². The summed E-state index contributed by atoms with van der Waals surface area (Å²) in [5.74, 6) is -0.167. The molecule has 2 atom stereocenters. The molecule has 1 aromatic rings. The first-order chi connectivity index (χ1) is 13.6. The number of rotatable bonds is 8. The molecule has 0 amide bonds. The van der Waals surface area contributed by atoms with E-state index in [-0.39, 0.29) is 11.7 Å². The molecule has 0 bridgehead atoms. The van der Waals surface area contributed by atoms with Crippen LogP contribution < -0.4 is 4.74 Å². The minimum absolute atomic E-state index is 0.00551. The Kier molecular flexibility index (Phi) is 8.13. The zero-order valence-electron chi connectivity index (χ0n) is 17.5. The number of hydrogen-bond donors (Lipinski definition) is 0. The van der Waals surface area contributed by atoms with Crippen LogP contribution in [-0.2, 0) is 4.74 Å². The molecule has 0 radical (unpaired) electrons. The second-order valence-electron chi connectivity index (χ2n) is 8.64. The number of halogens is 2. The Hall–Kier alpha value is -1.16. The molecule has 0 spiro atoms. The van der Waals surface area contributed by atoms with Gasteiger partial charge < -0.3 is 9.47 Å². The average Bonchev–Trinajstić information content (AvgIpc) is 2.73. The molecule has 2 fully saturated rings. The van der Waals surface area contributed by atoms with Crippen LogP contribution in [0.1, 0.15) is 89.5 Å². The highest BCUT2D eigenvalue weighted by molar-refractivity contribution is 5.33. The highest BCUT2D eigenvalue weighted by Crippen LogP contribution is 2.40. The highest BCUT2D eigenvalue weighted by Gasteiger charge is 2.33. The Balaban J connectivity index is 1.48. The van der Waals surface area contributed by atoms with Crippen molar-refractivity contribution in [1.29, 1.82) is 0 Å². The molecule has 1 aromatic carbocycles. The van der Waals surface area contributed by atoms with Gasteiger partial charge in [-0.25, -0.2) is 4.39 Å². The van der Waals surface area contributed by atoms with Crippen molar-refractivity contribution in [2.45, 2.75) is 90.1 Å². The lowest BCUT2D eigenvalue weighted by molar-refractivity contribution is -0.0441. The van der Waals surface area contributed by atoms with Gasteiger partial charge in [-0.3, -0.25) is 0 Å². The molecule has 2 unspecified atom stereocenters. The van der Waals surface area contributed by atoms with Gasteiger partial charge in [-0.05, 0) is 56.1 Å². The largest absolute Gasteiger partial charge is 0.491 e. The van der Waals surface area contributed by atoms with Crippen LogP contribution in [-0.4, -0.2) is 19.3 Å². The van der Waals surface area contributed by atoms with Gasteiger partial charge in [-0.2, -0.15) is 4.39 Å². The van der Waals surface area contributed by atoms with E-state index >= 15 is 0 Å². The first-order valence-corrected chi connectivity index (χ1v) is 11.4. The predicted molar refractivity (Wildman–Crippen MR) is 109 cm³/mol. The van der Waals surface area contributed by atoms with Crippen molar-refractivity contribution in [1.82, 2.24) is 0 Å². The van der Waals surface area contributed by atoms with E-state index in [4.69, 9.17) is 9.47 Å². The van der Waals surface area contributed by atoms with Gasteiger partial charge >= 0.3 is 0 Å². The van der Waals surface area contributed by atoms with Gasteiger partial charge in [-0.1, -0.05) is 51.5 Å². The maximum absolute atomic E-state index is 14.5. The maximum atomic E-state index is 14.5. The lowest BCUT2D eigenvalue weighted by Gasteiger charge is -2.38. The third-order valence-electron chi connectivity index (χ3n) is 6.76. The third kappa shape index (κ3) is 5.25. The van der Waals surface area contributed by atoms with E-state index in [1.54, 1.807) is 19.1 Å². The van der Waals surface area contributed by atoms with Gasteiger partial charge in [0.15, 0.2) is 11.6 Å². The smallest absolute Gasteiger partial charge is 0.200 e. The van der Waals surface area contributed by atoms with Gasteiger partial charge in [0.25, 0.3) is 0 Å². The molecule has 4 heteroatoms. The molecule has 3 rings (SSSR count). The van der Waals surface area contributed by atoms with Crippen LogP contribution in [0.5, 0.6) is 5.75 Å². The van der Waals surface area contributed by atoms with Gasteiger partial charge in [0.2, 0.25) is 5.82 Å². The van der Waals surface area contributed by atoms with Crippen LogP contribution in [0.3, 0.4) is 0 Å². The van der Waals surface area contributed by atoms with E-state index in [2.05, 4.69) is 6.92 Å². The van der Waals surface area contributed by atoms with E-state index in [9.17, 15) is 8.78 Å². The summed E-state index contributed by atoms with van der Waals surface area (Å²) in [7, 11) is 0. The fourth-order valence-electron chi connectivity index (χ4n) is 5.05. The Bertz CT molecular complexity index is 603. The average molecular weight is 395 g/mol. The Labute approximate surface area is 169 Å². The Morgan fingerprint density at radius 1 is 0.964 bits per heavy atom. The van der Waals surface area contributed by atoms with Gasteiger partial charge in [0.05, 0.1) is 19.3 Å². The summed E-state index contributed by atoms with van der Waals surface area (Å²) >= 11 is 0. The molecule has 1 saturated carbocycles. The van der Waals surface area contributed by atoms with Gasteiger partial charge in [-0.15, -0.1) is 0 Å². The molecule has 2 nitrogen and oxygen atoms in total. The minimum Gasteiger partial charge on any atom is -0.491 e. The number of ether oxygens (including phenoxy) is 2. The number of unbranched alkanes of at least 4 members (excludes halogenated alkanes) is 2. The zero-order chi connectivity index (χ0) is 19.9. The van der Waals surface area contributed by atoms with E-state index in [0.29, 0.717) is 30.8 Å². The molecular formula is C24H36F2O2. The molecule has 0 aromatic heterocycles. The van der Waals surface area contributed by atoms with Gasteiger partial charge in [0, 0.05) is 5.92 Å². The standard InChI is InChI=1S/C24H36F2O2/c1-3-5-6-7-17-8-10-18(11-9-17)21-14-12-19(16-28-21)20-13-15-22(27-4-2)24(26)23(20)25/h13,15,17-19,21H,3-12,14,16H2,1-2H3. The monoisotopic (exact) mass is 394 g/mol. The van der Waals surface area contributed by atoms with E-state index in [0.717, 1.165) is 18.8 Å². The molecule has 1 heterocycles. The predicted octanol–water partition coefficient (Wildman–Crippen LogP) is 7.01. The fraction of sp³-hybridized carbons (Fsp3) is 0.750. The summed E-state index contributed by atoms with van der Waals surface area (Å²) in [6, 6.07) is 3.21. The maximum Gasteiger partial charge on any atom is 0.200 e. The van der Waals surface area contributed by atoms with Crippen molar-refractivity contribution in [3.05, 3.63) is 29.3 Å². The first kappa shape index (κ1) is 21.5. The van der Waals surface area contributed by atoms with Crippen LogP contribution >= 0.6 is 0 Å². The Morgan fingerprint density at radius 2 is 1.75 bits per heavy atom. The van der Waals surface area contributed by atoms with E-state index < -0.39 is 11.6 Å². The molecule has 1 aliphatic heterocycles. The molecule has 158 valence electrons. The lowest BCUT2D eigenvalue weighted by atomic mass is 9.75. The molecule has 1 aliphatic carbocycles. The Morgan fingerprint density at radius 3 is 2.39 bits per heavy atom. The topological polar surface area (TPSA) is 18.5 Å². The van der Waals surface area contributed by atoms with Crippen LogP contribution in [0.4, 0.5) is 8.78 Å². The summed E-state index contributed by atoms with van der Waals surface area (Å²) in [6.07, 6.45) is 12.7. The quantitative estimate of drug-likeness (QED) is 0.441. The van der Waals surface area contributed by atoms with E-state index in [1.165, 1.54) is 51.4 Å². The summed E-state index contributed by atoms with van der Waals surface area (Å²) in [6.45, 7) is 4.84. The summed E-state index contributed by atoms with van der Waals surface area (Å²) in [4.78, 5) is 0. The van der Waals surface area contributed by atoms with Crippen molar-refractivity contribution in [3.63, 3.8) is 0 Å². The molecule has 0 N–H and O–H groups in total. The van der Waals surface area contributed by atoms with Crippen molar-refractivity contribution < 1.29 is 18.3 Å². The lowest BCUT2D eigenvalue weighted by Crippen LogP contribution is -2.33. The second kappa shape index (κ2) is 10.6. The summed E-state index contributed by atoms with van der Waals surface area (Å²) in [5.41, 5.74) is 0.430. The minimum atomic E-state index is -0.872. The van der Waals surface area contributed by atoms with Crippen LogP contribution in [0.15, 0.2) is 12.1 Å². The van der Waals surface area contributed by atoms with E-state index in [1.807, 2.05) is 0 Å². The molecule has 2 aliphatic rings. The summed E-state index contributed by atoms with van der Waals surface area (Å²) in [5, 5.41) is 0. The normalized spacial score (nSPS) is 28.3. The van der Waals surface area contributed by atoms with Crippen molar-refractivity contribution in [3.8, 4) is 5.75 Å². The van der Waals surface area contributed by atoms with Crippen LogP contribution in [0.2, 0.25) is 0 Å². The number of benzene rings is 1. The SMILES string of the molecule is CCCCCC1CCC(C2CCC(c3ccc(OCC)c(F)c3F)CO2)CC1. The molecular weight excluding hydrogens is 358 g/mol. The number of hydrogen-bond acceptors (Lipinski definition) is 2. The van der Waals surface area contributed by atoms with Crippen LogP contribution in [0.25, 0.3) is 0 Å². The fourth-order valence-corrected chi connectivity index (χ4v) is 5.05. The first-order valence-electron chi connectivity index (χ1n) is 11.4. The zero-order valence-corrected chi connectivity index (χ0v) is 17.5. The molecule has 1 saturated heterocycles. The van der Waals surface area contributed by atoms with Crippen molar-refractivity contribution in [2.75, 3.05) is 13.2 Å². The van der Waals surface area contributed by atoms with Crippen LogP contribution in [0, 0.1) is 23.5 Å². The third-order valence-corrected chi connectivity index (χ3v) is 6.76.